The van der Waals surface area contributed by atoms with Crippen molar-refractivity contribution >= 4 is 15.9 Å². The van der Waals surface area contributed by atoms with Crippen LogP contribution in [0.15, 0.2) is 47.1 Å². The molecule has 2 aromatic rings. The van der Waals surface area contributed by atoms with Crippen LogP contribution in [-0.2, 0) is 0 Å². The van der Waals surface area contributed by atoms with E-state index >= 15 is 0 Å². The summed E-state index contributed by atoms with van der Waals surface area (Å²) < 4.78 is 13.8. The molecule has 3 nitrogen and oxygen atoms in total. The molecule has 0 aliphatic carbocycles. The van der Waals surface area contributed by atoms with Gasteiger partial charge in [-0.05, 0) is 39.7 Å². The third-order valence-electron chi connectivity index (χ3n) is 3.00. The molecule has 3 N–H and O–H groups in total. The molecule has 0 aliphatic rings. The summed E-state index contributed by atoms with van der Waals surface area (Å²) in [6, 6.07) is 9.99. The van der Waals surface area contributed by atoms with Crippen LogP contribution in [0.3, 0.4) is 0 Å². The highest BCUT2D eigenvalue weighted by Gasteiger charge is 2.25. The van der Waals surface area contributed by atoms with Crippen LogP contribution in [0, 0.1) is 5.82 Å². The lowest BCUT2D eigenvalue weighted by Crippen LogP contribution is -2.21. The van der Waals surface area contributed by atoms with Gasteiger partial charge in [0.15, 0.2) is 0 Å². The Labute approximate surface area is 119 Å². The first kappa shape index (κ1) is 14.1. The van der Waals surface area contributed by atoms with E-state index in [-0.39, 0.29) is 16.9 Å². The van der Waals surface area contributed by atoms with Crippen molar-refractivity contribution in [2.45, 2.75) is 12.0 Å². The smallest absolute Gasteiger partial charge is 0.137 e. The Morgan fingerprint density at radius 3 is 2.68 bits per heavy atom. The molecule has 5 heteroatoms. The summed E-state index contributed by atoms with van der Waals surface area (Å²) in [5.41, 5.74) is 6.88. The maximum atomic E-state index is 13.5. The first-order valence-corrected chi connectivity index (χ1v) is 6.67. The lowest BCUT2D eigenvalue weighted by molar-refractivity contribution is 0.144. The number of rotatable bonds is 4. The number of nitrogens with zero attached hydrogens (tertiary/aromatic N) is 1. The van der Waals surface area contributed by atoms with E-state index < -0.39 is 11.9 Å². The van der Waals surface area contributed by atoms with E-state index in [1.54, 1.807) is 30.5 Å². The molecule has 1 heterocycles. The van der Waals surface area contributed by atoms with Crippen molar-refractivity contribution in [2.75, 3.05) is 6.54 Å². The Kier molecular flexibility index (Phi) is 4.63. The molecule has 1 aromatic heterocycles. The summed E-state index contributed by atoms with van der Waals surface area (Å²) in [6.07, 6.45) is 0.732. The molecule has 0 amide bonds. The largest absolute Gasteiger partial charge is 0.388 e. The SMILES string of the molecule is NCC(c1ccccn1)C(O)c1cccc(F)c1Br. The van der Waals surface area contributed by atoms with Crippen molar-refractivity contribution in [1.29, 1.82) is 0 Å². The molecule has 2 unspecified atom stereocenters. The summed E-state index contributed by atoms with van der Waals surface area (Å²) in [5, 5.41) is 10.4. The van der Waals surface area contributed by atoms with E-state index in [2.05, 4.69) is 20.9 Å². The molecule has 0 spiro atoms. The van der Waals surface area contributed by atoms with Gasteiger partial charge < -0.3 is 10.8 Å². The quantitative estimate of drug-likeness (QED) is 0.909. The fourth-order valence-corrected chi connectivity index (χ4v) is 2.47. The van der Waals surface area contributed by atoms with Crippen LogP contribution < -0.4 is 5.73 Å². The molecule has 0 bridgehead atoms. The molecule has 0 saturated heterocycles. The Balaban J connectivity index is 2.36. The van der Waals surface area contributed by atoms with Gasteiger partial charge in [0.2, 0.25) is 0 Å². The molecular formula is C14H14BrFN2O. The molecule has 2 rings (SSSR count). The van der Waals surface area contributed by atoms with Crippen molar-refractivity contribution in [3.8, 4) is 0 Å². The average Bonchev–Trinajstić information content (AvgIpc) is 2.44. The summed E-state index contributed by atoms with van der Waals surface area (Å²) in [4.78, 5) is 4.20. The average molecular weight is 325 g/mol. The molecule has 0 radical (unpaired) electrons. The third kappa shape index (κ3) is 3.00. The molecule has 19 heavy (non-hydrogen) atoms. The van der Waals surface area contributed by atoms with Gasteiger partial charge in [-0.1, -0.05) is 18.2 Å². The van der Waals surface area contributed by atoms with Crippen LogP contribution >= 0.6 is 15.9 Å². The highest BCUT2D eigenvalue weighted by Crippen LogP contribution is 2.34. The number of hydrogen-bond donors (Lipinski definition) is 2. The molecule has 0 saturated carbocycles. The van der Waals surface area contributed by atoms with E-state index in [0.29, 0.717) is 11.3 Å². The first-order chi connectivity index (χ1) is 9.15. The van der Waals surface area contributed by atoms with Crippen molar-refractivity contribution < 1.29 is 9.50 Å². The zero-order valence-corrected chi connectivity index (χ0v) is 11.7. The van der Waals surface area contributed by atoms with Gasteiger partial charge in [0.25, 0.3) is 0 Å². The van der Waals surface area contributed by atoms with Gasteiger partial charge >= 0.3 is 0 Å². The number of halogens is 2. The van der Waals surface area contributed by atoms with Crippen LogP contribution in [-0.4, -0.2) is 16.6 Å². The third-order valence-corrected chi connectivity index (χ3v) is 3.84. The first-order valence-electron chi connectivity index (χ1n) is 5.88. The molecule has 0 aliphatic heterocycles. The van der Waals surface area contributed by atoms with E-state index in [0.717, 1.165) is 0 Å². The maximum Gasteiger partial charge on any atom is 0.137 e. The van der Waals surface area contributed by atoms with Gasteiger partial charge in [0.1, 0.15) is 5.82 Å². The minimum absolute atomic E-state index is 0.223. The Morgan fingerprint density at radius 2 is 2.05 bits per heavy atom. The number of nitrogens with two attached hydrogens (primary N) is 1. The van der Waals surface area contributed by atoms with E-state index in [9.17, 15) is 9.50 Å². The van der Waals surface area contributed by atoms with Gasteiger partial charge in [0, 0.05) is 24.4 Å². The predicted molar refractivity (Wildman–Crippen MR) is 75.1 cm³/mol. The highest BCUT2D eigenvalue weighted by molar-refractivity contribution is 9.10. The molecule has 0 fully saturated rings. The number of aliphatic hydroxyl groups excluding tert-OH is 1. The van der Waals surface area contributed by atoms with Gasteiger partial charge in [0.05, 0.1) is 10.6 Å². The molecule has 2 atom stereocenters. The second-order valence-electron chi connectivity index (χ2n) is 4.18. The second-order valence-corrected chi connectivity index (χ2v) is 4.98. The van der Waals surface area contributed by atoms with Crippen LogP contribution in [0.5, 0.6) is 0 Å². The Bertz CT molecular complexity index is 550. The monoisotopic (exact) mass is 324 g/mol. The van der Waals surface area contributed by atoms with Crippen LogP contribution in [0.4, 0.5) is 4.39 Å². The minimum atomic E-state index is -0.912. The zero-order valence-electron chi connectivity index (χ0n) is 10.1. The lowest BCUT2D eigenvalue weighted by atomic mass is 9.92. The van der Waals surface area contributed by atoms with E-state index in [1.807, 2.05) is 6.07 Å². The van der Waals surface area contributed by atoms with Gasteiger partial charge in [-0.25, -0.2) is 4.39 Å². The Hall–Kier alpha value is -1.30. The zero-order chi connectivity index (χ0) is 13.8. The van der Waals surface area contributed by atoms with Gasteiger partial charge in [-0.2, -0.15) is 0 Å². The molecular weight excluding hydrogens is 311 g/mol. The second kappa shape index (κ2) is 6.23. The minimum Gasteiger partial charge on any atom is -0.388 e. The van der Waals surface area contributed by atoms with Gasteiger partial charge in [-0.15, -0.1) is 0 Å². The van der Waals surface area contributed by atoms with Crippen LogP contribution in [0.2, 0.25) is 0 Å². The summed E-state index contributed by atoms with van der Waals surface area (Å²) >= 11 is 3.15. The van der Waals surface area contributed by atoms with E-state index in [1.165, 1.54) is 6.07 Å². The van der Waals surface area contributed by atoms with Gasteiger partial charge in [-0.3, -0.25) is 4.98 Å². The van der Waals surface area contributed by atoms with Crippen molar-refractivity contribution in [1.82, 2.24) is 4.98 Å². The lowest BCUT2D eigenvalue weighted by Gasteiger charge is -2.22. The van der Waals surface area contributed by atoms with Crippen LogP contribution in [0.25, 0.3) is 0 Å². The summed E-state index contributed by atoms with van der Waals surface area (Å²) in [6.45, 7) is 0.223. The normalized spacial score (nSPS) is 14.1. The highest BCUT2D eigenvalue weighted by atomic mass is 79.9. The number of aliphatic hydroxyl groups is 1. The van der Waals surface area contributed by atoms with Crippen LogP contribution in [0.1, 0.15) is 23.3 Å². The van der Waals surface area contributed by atoms with E-state index in [4.69, 9.17) is 5.73 Å². The summed E-state index contributed by atoms with van der Waals surface area (Å²) in [7, 11) is 0. The number of benzene rings is 1. The van der Waals surface area contributed by atoms with Crippen molar-refractivity contribution in [2.24, 2.45) is 5.73 Å². The summed E-state index contributed by atoms with van der Waals surface area (Å²) in [5.74, 6) is -0.785. The standard InChI is InChI=1S/C14H14BrFN2O/c15-13-9(4-3-5-11(13)16)14(19)10(8-17)12-6-1-2-7-18-12/h1-7,10,14,19H,8,17H2. The number of pyridine rings is 1. The fourth-order valence-electron chi connectivity index (χ4n) is 1.97. The number of aromatic nitrogens is 1. The molecule has 100 valence electrons. The van der Waals surface area contributed by atoms with Crippen molar-refractivity contribution in [3.05, 3.63) is 64.1 Å². The molecule has 1 aromatic carbocycles. The predicted octanol–water partition coefficient (Wildman–Crippen LogP) is 2.76. The number of hydrogen-bond acceptors (Lipinski definition) is 3. The Morgan fingerprint density at radius 1 is 1.26 bits per heavy atom. The fraction of sp³-hybridized carbons (Fsp3) is 0.214. The van der Waals surface area contributed by atoms with Crippen molar-refractivity contribution in [3.63, 3.8) is 0 Å². The maximum absolute atomic E-state index is 13.5. The topological polar surface area (TPSA) is 59.1 Å².